The van der Waals surface area contributed by atoms with Crippen LogP contribution in [0.2, 0.25) is 0 Å². The van der Waals surface area contributed by atoms with Crippen molar-refractivity contribution in [3.05, 3.63) is 42.7 Å². The van der Waals surface area contributed by atoms with Crippen molar-refractivity contribution in [3.8, 4) is 0 Å². The second kappa shape index (κ2) is 6.64. The van der Waals surface area contributed by atoms with Crippen molar-refractivity contribution in [1.82, 2.24) is 0 Å². The topological polar surface area (TPSA) is 20.2 Å². The predicted octanol–water partition coefficient (Wildman–Crippen LogP) is 3.24. The van der Waals surface area contributed by atoms with Gasteiger partial charge in [-0.15, -0.1) is 18.3 Å². The van der Waals surface area contributed by atoms with E-state index in [4.69, 9.17) is 0 Å². The number of aliphatic hydroxyl groups is 1. The van der Waals surface area contributed by atoms with Crippen LogP contribution >= 0.6 is 11.8 Å². The monoisotopic (exact) mass is 226 g/mol. The van der Waals surface area contributed by atoms with Crippen molar-refractivity contribution in [2.24, 2.45) is 0 Å². The van der Waals surface area contributed by atoms with Crippen molar-refractivity contribution >= 4 is 11.8 Å². The number of hydrogen-bond donors (Lipinski definition) is 1. The average Bonchev–Trinajstić information content (AvgIpc) is 2.25. The van der Waals surface area contributed by atoms with Crippen molar-refractivity contribution in [2.75, 3.05) is 5.75 Å². The summed E-state index contributed by atoms with van der Waals surface area (Å²) in [7, 11) is 0. The minimum Gasteiger partial charge on any atom is -0.392 e. The maximum absolute atomic E-state index is 13.2. The lowest BCUT2D eigenvalue weighted by Crippen LogP contribution is -2.09. The molecule has 0 amide bonds. The van der Waals surface area contributed by atoms with E-state index in [1.54, 1.807) is 24.3 Å². The van der Waals surface area contributed by atoms with Crippen LogP contribution in [0, 0.1) is 5.82 Å². The predicted molar refractivity (Wildman–Crippen MR) is 62.6 cm³/mol. The molecule has 15 heavy (non-hydrogen) atoms. The van der Waals surface area contributed by atoms with Crippen molar-refractivity contribution in [1.29, 1.82) is 0 Å². The summed E-state index contributed by atoms with van der Waals surface area (Å²) in [6.45, 7) is 3.59. The molecule has 1 aromatic rings. The molecule has 0 aromatic heterocycles. The Bertz CT molecular complexity index is 314. The van der Waals surface area contributed by atoms with Crippen LogP contribution in [0.1, 0.15) is 12.8 Å². The summed E-state index contributed by atoms with van der Waals surface area (Å²) in [5.41, 5.74) is 0. The fraction of sp³-hybridized carbons (Fsp3) is 0.333. The second-order valence-electron chi connectivity index (χ2n) is 3.26. The fourth-order valence-electron chi connectivity index (χ4n) is 1.14. The average molecular weight is 226 g/mol. The van der Waals surface area contributed by atoms with Gasteiger partial charge in [-0.2, -0.15) is 0 Å². The highest BCUT2D eigenvalue weighted by atomic mass is 32.2. The van der Waals surface area contributed by atoms with Crippen LogP contribution < -0.4 is 0 Å². The highest BCUT2D eigenvalue weighted by Crippen LogP contribution is 2.22. The molecule has 1 aromatic carbocycles. The Balaban J connectivity index is 2.36. The Morgan fingerprint density at radius 1 is 1.47 bits per heavy atom. The van der Waals surface area contributed by atoms with Crippen LogP contribution in [-0.2, 0) is 0 Å². The smallest absolute Gasteiger partial charge is 0.136 e. The van der Waals surface area contributed by atoms with E-state index in [9.17, 15) is 9.50 Å². The Labute approximate surface area is 94.0 Å². The SMILES string of the molecule is C=CCCC(O)CSc1ccccc1F. The molecule has 1 nitrogen and oxygen atoms in total. The van der Waals surface area contributed by atoms with E-state index in [2.05, 4.69) is 6.58 Å². The van der Waals surface area contributed by atoms with Gasteiger partial charge in [0.2, 0.25) is 0 Å². The lowest BCUT2D eigenvalue weighted by atomic mass is 10.2. The van der Waals surface area contributed by atoms with E-state index in [1.165, 1.54) is 17.8 Å². The highest BCUT2D eigenvalue weighted by molar-refractivity contribution is 7.99. The largest absolute Gasteiger partial charge is 0.392 e. The van der Waals surface area contributed by atoms with Gasteiger partial charge in [-0.05, 0) is 25.0 Å². The van der Waals surface area contributed by atoms with E-state index in [-0.39, 0.29) is 5.82 Å². The Kier molecular flexibility index (Phi) is 5.43. The Hall–Kier alpha value is -0.800. The van der Waals surface area contributed by atoms with Crippen LogP contribution in [0.15, 0.2) is 41.8 Å². The quantitative estimate of drug-likeness (QED) is 0.593. The summed E-state index contributed by atoms with van der Waals surface area (Å²) >= 11 is 1.35. The first-order chi connectivity index (χ1) is 7.24. The van der Waals surface area contributed by atoms with Crippen molar-refractivity contribution in [2.45, 2.75) is 23.8 Å². The maximum Gasteiger partial charge on any atom is 0.136 e. The van der Waals surface area contributed by atoms with Gasteiger partial charge in [-0.3, -0.25) is 0 Å². The van der Waals surface area contributed by atoms with Crippen molar-refractivity contribution < 1.29 is 9.50 Å². The van der Waals surface area contributed by atoms with Crippen LogP contribution in [0.25, 0.3) is 0 Å². The van der Waals surface area contributed by atoms with Gasteiger partial charge in [-0.25, -0.2) is 4.39 Å². The summed E-state index contributed by atoms with van der Waals surface area (Å²) in [6, 6.07) is 6.60. The molecular formula is C12H15FOS. The van der Waals surface area contributed by atoms with Gasteiger partial charge >= 0.3 is 0 Å². The summed E-state index contributed by atoms with van der Waals surface area (Å²) in [5, 5.41) is 9.54. The van der Waals surface area contributed by atoms with Gasteiger partial charge in [0.05, 0.1) is 6.10 Å². The summed E-state index contributed by atoms with van der Waals surface area (Å²) in [5.74, 6) is 0.299. The highest BCUT2D eigenvalue weighted by Gasteiger charge is 2.06. The van der Waals surface area contributed by atoms with Gasteiger partial charge < -0.3 is 5.11 Å². The molecule has 1 unspecified atom stereocenters. The molecule has 0 heterocycles. The standard InChI is InChI=1S/C12H15FOS/c1-2-3-6-10(14)9-15-12-8-5-4-7-11(12)13/h2,4-5,7-8,10,14H,1,3,6,9H2. The van der Waals surface area contributed by atoms with Crippen molar-refractivity contribution in [3.63, 3.8) is 0 Å². The van der Waals surface area contributed by atoms with E-state index in [0.29, 0.717) is 17.1 Å². The molecule has 0 fully saturated rings. The number of thioether (sulfide) groups is 1. The molecule has 0 bridgehead atoms. The number of allylic oxidation sites excluding steroid dienone is 1. The lowest BCUT2D eigenvalue weighted by molar-refractivity contribution is 0.190. The van der Waals surface area contributed by atoms with Gasteiger partial charge in [0.15, 0.2) is 0 Å². The van der Waals surface area contributed by atoms with E-state index in [1.807, 2.05) is 0 Å². The molecule has 0 saturated heterocycles. The molecule has 0 aliphatic rings. The second-order valence-corrected chi connectivity index (χ2v) is 4.32. The van der Waals surface area contributed by atoms with Gasteiger partial charge in [0.1, 0.15) is 5.82 Å². The molecule has 0 aliphatic carbocycles. The van der Waals surface area contributed by atoms with Crippen LogP contribution in [0.5, 0.6) is 0 Å². The van der Waals surface area contributed by atoms with E-state index >= 15 is 0 Å². The molecule has 0 saturated carbocycles. The molecule has 1 atom stereocenters. The third-order valence-electron chi connectivity index (χ3n) is 1.97. The maximum atomic E-state index is 13.2. The molecule has 0 aliphatic heterocycles. The van der Waals surface area contributed by atoms with Gasteiger partial charge in [0.25, 0.3) is 0 Å². The normalized spacial score (nSPS) is 12.4. The van der Waals surface area contributed by atoms with E-state index < -0.39 is 6.10 Å². The van der Waals surface area contributed by atoms with Crippen LogP contribution in [0.3, 0.4) is 0 Å². The molecule has 0 spiro atoms. The fourth-order valence-corrected chi connectivity index (χ4v) is 2.06. The zero-order valence-corrected chi connectivity index (χ0v) is 9.34. The van der Waals surface area contributed by atoms with Gasteiger partial charge in [-0.1, -0.05) is 18.2 Å². The first-order valence-electron chi connectivity index (χ1n) is 4.90. The third-order valence-corrected chi connectivity index (χ3v) is 3.17. The van der Waals surface area contributed by atoms with Crippen LogP contribution in [-0.4, -0.2) is 17.0 Å². The first kappa shape index (κ1) is 12.3. The van der Waals surface area contributed by atoms with E-state index in [0.717, 1.165) is 6.42 Å². The molecule has 0 radical (unpaired) electrons. The lowest BCUT2D eigenvalue weighted by Gasteiger charge is -2.08. The number of halogens is 1. The summed E-state index contributed by atoms with van der Waals surface area (Å²) in [6.07, 6.45) is 2.86. The summed E-state index contributed by atoms with van der Waals surface area (Å²) in [4.78, 5) is 0.593. The third kappa shape index (κ3) is 4.49. The minimum atomic E-state index is -0.396. The summed E-state index contributed by atoms with van der Waals surface area (Å²) < 4.78 is 13.2. The van der Waals surface area contributed by atoms with Gasteiger partial charge in [0, 0.05) is 10.6 Å². The number of benzene rings is 1. The molecular weight excluding hydrogens is 211 g/mol. The molecule has 1 rings (SSSR count). The zero-order valence-electron chi connectivity index (χ0n) is 8.53. The Morgan fingerprint density at radius 2 is 2.20 bits per heavy atom. The number of rotatable bonds is 6. The zero-order chi connectivity index (χ0) is 11.1. The molecule has 1 N–H and O–H groups in total. The number of aliphatic hydroxyl groups excluding tert-OH is 1. The number of hydrogen-bond acceptors (Lipinski definition) is 2. The molecule has 82 valence electrons. The van der Waals surface area contributed by atoms with Crippen LogP contribution in [0.4, 0.5) is 4.39 Å². The minimum absolute atomic E-state index is 0.224. The molecule has 3 heteroatoms. The Morgan fingerprint density at radius 3 is 2.87 bits per heavy atom. The first-order valence-corrected chi connectivity index (χ1v) is 5.89.